The van der Waals surface area contributed by atoms with Gasteiger partial charge in [0.15, 0.2) is 0 Å². The summed E-state index contributed by atoms with van der Waals surface area (Å²) in [7, 11) is 0. The van der Waals surface area contributed by atoms with Crippen LogP contribution >= 0.6 is 0 Å². The second-order valence-corrected chi connectivity index (χ2v) is 5.63. The van der Waals surface area contributed by atoms with Gasteiger partial charge < -0.3 is 9.47 Å². The largest absolute Gasteiger partial charge is 0.508 e. The van der Waals surface area contributed by atoms with Gasteiger partial charge in [0.05, 0.1) is 6.61 Å². The Morgan fingerprint density at radius 2 is 1.76 bits per heavy atom. The predicted octanol–water partition coefficient (Wildman–Crippen LogP) is 4.17. The van der Waals surface area contributed by atoms with Crippen molar-refractivity contribution in [3.05, 3.63) is 35.9 Å². The van der Waals surface area contributed by atoms with E-state index in [1.54, 1.807) is 0 Å². The van der Waals surface area contributed by atoms with Gasteiger partial charge in [0.2, 0.25) is 0 Å². The zero-order valence-electron chi connectivity index (χ0n) is 12.3. The molecule has 1 aromatic carbocycles. The summed E-state index contributed by atoms with van der Waals surface area (Å²) in [5.74, 6) is 3.83. The van der Waals surface area contributed by atoms with Crippen molar-refractivity contribution in [1.82, 2.24) is 0 Å². The molecule has 0 unspecified atom stereocenters. The molecule has 0 aromatic heterocycles. The highest BCUT2D eigenvalue weighted by molar-refractivity contribution is 5.59. The van der Waals surface area contributed by atoms with Crippen molar-refractivity contribution >= 4 is 6.16 Å². The summed E-state index contributed by atoms with van der Waals surface area (Å²) in [6.45, 7) is 0.713. The summed E-state index contributed by atoms with van der Waals surface area (Å²) in [6.07, 6.45) is 10.1. The average Bonchev–Trinajstić information content (AvgIpc) is 2.53. The fourth-order valence-electron chi connectivity index (χ4n) is 2.71. The second-order valence-electron chi connectivity index (χ2n) is 5.63. The topological polar surface area (TPSA) is 35.5 Å². The van der Waals surface area contributed by atoms with Crippen LogP contribution in [0.2, 0.25) is 0 Å². The van der Waals surface area contributed by atoms with Crippen LogP contribution in [0.4, 0.5) is 4.79 Å². The Morgan fingerprint density at radius 1 is 1.10 bits per heavy atom. The minimum absolute atomic E-state index is 0.259. The molecule has 3 nitrogen and oxygen atoms in total. The molecular formula is C18H22O3. The van der Waals surface area contributed by atoms with Gasteiger partial charge >= 0.3 is 6.16 Å². The SMILES string of the molecule is C#CCC1CCC(COC(=O)OCc2ccccc2)CC1. The first-order chi connectivity index (χ1) is 10.3. The number of terminal acetylenes is 1. The third kappa shape index (κ3) is 5.51. The van der Waals surface area contributed by atoms with Crippen molar-refractivity contribution in [1.29, 1.82) is 0 Å². The Balaban J connectivity index is 1.60. The molecule has 0 amide bonds. The molecule has 0 atom stereocenters. The molecule has 0 spiro atoms. The predicted molar refractivity (Wildman–Crippen MR) is 81.5 cm³/mol. The van der Waals surface area contributed by atoms with E-state index in [0.717, 1.165) is 37.7 Å². The maximum Gasteiger partial charge on any atom is 0.508 e. The van der Waals surface area contributed by atoms with E-state index >= 15 is 0 Å². The molecule has 0 bridgehead atoms. The third-order valence-electron chi connectivity index (χ3n) is 4.01. The lowest BCUT2D eigenvalue weighted by atomic mass is 9.81. The number of benzene rings is 1. The summed E-state index contributed by atoms with van der Waals surface area (Å²) in [6, 6.07) is 9.59. The molecule has 1 saturated carbocycles. The van der Waals surface area contributed by atoms with Crippen LogP contribution in [-0.2, 0) is 16.1 Å². The van der Waals surface area contributed by atoms with Gasteiger partial charge in [-0.05, 0) is 43.1 Å². The van der Waals surface area contributed by atoms with Crippen molar-refractivity contribution in [3.63, 3.8) is 0 Å². The Morgan fingerprint density at radius 3 is 2.43 bits per heavy atom. The average molecular weight is 286 g/mol. The van der Waals surface area contributed by atoms with Gasteiger partial charge in [-0.2, -0.15) is 0 Å². The highest BCUT2D eigenvalue weighted by Crippen LogP contribution is 2.30. The first kappa shape index (κ1) is 15.4. The molecule has 0 saturated heterocycles. The van der Waals surface area contributed by atoms with Crippen LogP contribution in [0, 0.1) is 24.2 Å². The van der Waals surface area contributed by atoms with E-state index < -0.39 is 6.16 Å². The summed E-state index contributed by atoms with van der Waals surface area (Å²) in [5, 5.41) is 0. The third-order valence-corrected chi connectivity index (χ3v) is 4.01. The van der Waals surface area contributed by atoms with E-state index in [-0.39, 0.29) is 6.61 Å². The van der Waals surface area contributed by atoms with E-state index in [1.165, 1.54) is 0 Å². The van der Waals surface area contributed by atoms with Gasteiger partial charge in [-0.1, -0.05) is 30.3 Å². The summed E-state index contributed by atoms with van der Waals surface area (Å²) < 4.78 is 10.3. The van der Waals surface area contributed by atoms with Crippen LogP contribution in [-0.4, -0.2) is 12.8 Å². The van der Waals surface area contributed by atoms with Gasteiger partial charge in [0.25, 0.3) is 0 Å². The molecule has 1 fully saturated rings. The summed E-state index contributed by atoms with van der Waals surface area (Å²) in [5.41, 5.74) is 0.962. The molecule has 112 valence electrons. The van der Waals surface area contributed by atoms with Crippen molar-refractivity contribution in [2.24, 2.45) is 11.8 Å². The molecule has 0 N–H and O–H groups in total. The maximum atomic E-state index is 11.6. The van der Waals surface area contributed by atoms with E-state index in [9.17, 15) is 4.79 Å². The molecule has 21 heavy (non-hydrogen) atoms. The van der Waals surface area contributed by atoms with Gasteiger partial charge in [-0.15, -0.1) is 12.3 Å². The molecule has 1 aliphatic carbocycles. The van der Waals surface area contributed by atoms with E-state index in [1.807, 2.05) is 30.3 Å². The molecular weight excluding hydrogens is 264 g/mol. The fraction of sp³-hybridized carbons (Fsp3) is 0.500. The second kappa shape index (κ2) is 8.36. The van der Waals surface area contributed by atoms with E-state index in [4.69, 9.17) is 15.9 Å². The zero-order valence-corrected chi connectivity index (χ0v) is 12.3. The van der Waals surface area contributed by atoms with Crippen LogP contribution in [0.1, 0.15) is 37.7 Å². The highest BCUT2D eigenvalue weighted by atomic mass is 16.7. The van der Waals surface area contributed by atoms with Gasteiger partial charge in [-0.25, -0.2) is 4.79 Å². The first-order valence-electron chi connectivity index (χ1n) is 7.55. The number of ether oxygens (including phenoxy) is 2. The van der Waals surface area contributed by atoms with Crippen LogP contribution in [0.15, 0.2) is 30.3 Å². The Bertz CT molecular complexity index is 467. The highest BCUT2D eigenvalue weighted by Gasteiger charge is 2.21. The number of carbonyl (C=O) groups is 1. The zero-order chi connectivity index (χ0) is 14.9. The molecule has 0 aliphatic heterocycles. The van der Waals surface area contributed by atoms with Crippen LogP contribution in [0.5, 0.6) is 0 Å². The Hall–Kier alpha value is -1.95. The molecule has 3 heteroatoms. The van der Waals surface area contributed by atoms with Gasteiger partial charge in [0, 0.05) is 6.42 Å². The number of rotatable bonds is 5. The normalized spacial score (nSPS) is 21.3. The van der Waals surface area contributed by atoms with Crippen LogP contribution in [0.25, 0.3) is 0 Å². The molecule has 1 aromatic rings. The van der Waals surface area contributed by atoms with Gasteiger partial charge in [0.1, 0.15) is 6.61 Å². The fourth-order valence-corrected chi connectivity index (χ4v) is 2.71. The standard InChI is InChI=1S/C18H22O3/c1-2-6-15-9-11-17(12-10-15)14-21-18(19)20-13-16-7-4-3-5-8-16/h1,3-5,7-8,15,17H,6,9-14H2. The lowest BCUT2D eigenvalue weighted by Gasteiger charge is -2.26. The minimum atomic E-state index is -0.579. The monoisotopic (exact) mass is 286 g/mol. The molecule has 0 radical (unpaired) electrons. The van der Waals surface area contributed by atoms with Crippen molar-refractivity contribution in [2.75, 3.05) is 6.61 Å². The number of carbonyl (C=O) groups excluding carboxylic acids is 1. The lowest BCUT2D eigenvalue weighted by molar-refractivity contribution is 0.0330. The summed E-state index contributed by atoms with van der Waals surface area (Å²) >= 11 is 0. The number of hydrogen-bond acceptors (Lipinski definition) is 3. The van der Waals surface area contributed by atoms with Gasteiger partial charge in [-0.3, -0.25) is 0 Å². The smallest absolute Gasteiger partial charge is 0.434 e. The van der Waals surface area contributed by atoms with Crippen molar-refractivity contribution in [3.8, 4) is 12.3 Å². The molecule has 0 heterocycles. The Kier molecular flexibility index (Phi) is 6.15. The summed E-state index contributed by atoms with van der Waals surface area (Å²) in [4.78, 5) is 11.6. The maximum absolute atomic E-state index is 11.6. The van der Waals surface area contributed by atoms with E-state index in [2.05, 4.69) is 5.92 Å². The van der Waals surface area contributed by atoms with Crippen molar-refractivity contribution in [2.45, 2.75) is 38.7 Å². The Labute approximate surface area is 126 Å². The molecule has 2 rings (SSSR count). The number of hydrogen-bond donors (Lipinski definition) is 0. The quantitative estimate of drug-likeness (QED) is 0.602. The van der Waals surface area contributed by atoms with Crippen molar-refractivity contribution < 1.29 is 14.3 Å². The lowest BCUT2D eigenvalue weighted by Crippen LogP contribution is -2.20. The minimum Gasteiger partial charge on any atom is -0.434 e. The molecule has 1 aliphatic rings. The van der Waals surface area contributed by atoms with Crippen LogP contribution in [0.3, 0.4) is 0 Å². The van der Waals surface area contributed by atoms with Crippen LogP contribution < -0.4 is 0 Å². The first-order valence-corrected chi connectivity index (χ1v) is 7.55. The van der Waals surface area contributed by atoms with E-state index in [0.29, 0.717) is 18.4 Å².